The van der Waals surface area contributed by atoms with Gasteiger partial charge in [0, 0.05) is 25.8 Å². The number of rotatable bonds is 2. The third-order valence-corrected chi connectivity index (χ3v) is 5.39. The van der Waals surface area contributed by atoms with Crippen molar-refractivity contribution in [2.24, 2.45) is 0 Å². The highest BCUT2D eigenvalue weighted by atomic mass is 16.4. The molecule has 0 amide bonds. The predicted molar refractivity (Wildman–Crippen MR) is 108 cm³/mol. The zero-order chi connectivity index (χ0) is 20.1. The van der Waals surface area contributed by atoms with Crippen molar-refractivity contribution in [1.82, 2.24) is 19.3 Å². The highest BCUT2D eigenvalue weighted by Crippen LogP contribution is 2.26. The van der Waals surface area contributed by atoms with Gasteiger partial charge in [0.1, 0.15) is 0 Å². The summed E-state index contributed by atoms with van der Waals surface area (Å²) < 4.78 is 7.36. The second-order valence-electron chi connectivity index (χ2n) is 7.27. The molecule has 1 aromatic carbocycles. The Kier molecular flexibility index (Phi) is 3.99. The van der Waals surface area contributed by atoms with Crippen LogP contribution in [0.4, 0.5) is 5.95 Å². The molecule has 1 aliphatic heterocycles. The molecular weight excluding hydrogens is 374 g/mol. The van der Waals surface area contributed by atoms with E-state index in [0.717, 1.165) is 32.6 Å². The number of fused-ring (bicyclic) bond motifs is 5. The average molecular weight is 393 g/mol. The first-order chi connectivity index (χ1) is 14.0. The smallest absolute Gasteiger partial charge is 0.345 e. The number of oxazole rings is 1. The van der Waals surface area contributed by atoms with Gasteiger partial charge in [0.15, 0.2) is 16.8 Å². The molecule has 0 radical (unpaired) electrons. The number of aromatic carboxylic acids is 1. The molecule has 4 heterocycles. The largest absolute Gasteiger partial charge is 0.477 e. The lowest BCUT2D eigenvalue weighted by atomic mass is 10.2. The van der Waals surface area contributed by atoms with Crippen LogP contribution in [0, 0.1) is 0 Å². The van der Waals surface area contributed by atoms with Gasteiger partial charge >= 0.3 is 5.97 Å². The van der Waals surface area contributed by atoms with Crippen LogP contribution in [0.25, 0.3) is 27.8 Å². The maximum atomic E-state index is 12.9. The Hall–Kier alpha value is -3.46. The number of carboxylic acid groups (broad SMARTS) is 1. The van der Waals surface area contributed by atoms with Gasteiger partial charge in [-0.25, -0.2) is 9.78 Å². The normalized spacial score (nSPS) is 16.0. The van der Waals surface area contributed by atoms with E-state index in [1.54, 1.807) is 16.5 Å². The fourth-order valence-corrected chi connectivity index (χ4v) is 3.87. The van der Waals surface area contributed by atoms with E-state index in [9.17, 15) is 14.7 Å². The van der Waals surface area contributed by atoms with Crippen molar-refractivity contribution in [3.05, 3.63) is 46.2 Å². The van der Waals surface area contributed by atoms with Crippen LogP contribution >= 0.6 is 0 Å². The van der Waals surface area contributed by atoms with E-state index in [0.29, 0.717) is 22.7 Å². The molecule has 9 heteroatoms. The molecule has 1 aliphatic rings. The van der Waals surface area contributed by atoms with Gasteiger partial charge in [-0.15, -0.1) is 0 Å². The van der Waals surface area contributed by atoms with Crippen molar-refractivity contribution in [2.75, 3.05) is 38.1 Å². The lowest BCUT2D eigenvalue weighted by molar-refractivity contribution is 0.0696. The summed E-state index contributed by atoms with van der Waals surface area (Å²) in [7, 11) is 2.08. The summed E-state index contributed by atoms with van der Waals surface area (Å²) in [5.41, 5.74) is 0.405. The van der Waals surface area contributed by atoms with Gasteiger partial charge in [-0.1, -0.05) is 12.1 Å². The highest BCUT2D eigenvalue weighted by Gasteiger charge is 2.25. The quantitative estimate of drug-likeness (QED) is 0.550. The molecule has 4 aromatic rings. The number of hydrogen-bond donors (Lipinski definition) is 1. The van der Waals surface area contributed by atoms with Crippen LogP contribution in [0.5, 0.6) is 0 Å². The molecule has 0 aliphatic carbocycles. The van der Waals surface area contributed by atoms with Gasteiger partial charge in [-0.05, 0) is 32.1 Å². The molecule has 0 bridgehead atoms. The van der Waals surface area contributed by atoms with Crippen molar-refractivity contribution in [2.45, 2.75) is 6.42 Å². The first kappa shape index (κ1) is 17.6. The van der Waals surface area contributed by atoms with Crippen molar-refractivity contribution in [3.8, 4) is 0 Å². The van der Waals surface area contributed by atoms with Crippen LogP contribution in [-0.4, -0.2) is 63.6 Å². The molecule has 9 nitrogen and oxygen atoms in total. The summed E-state index contributed by atoms with van der Waals surface area (Å²) in [6, 6.07) is 7.16. The number of benzene rings is 1. The molecular formula is C20H19N5O4. The van der Waals surface area contributed by atoms with Gasteiger partial charge in [0.05, 0.1) is 10.9 Å². The van der Waals surface area contributed by atoms with E-state index in [1.165, 1.54) is 6.20 Å². The number of pyridine rings is 1. The summed E-state index contributed by atoms with van der Waals surface area (Å²) in [6.07, 6.45) is 2.41. The number of aromatic nitrogens is 3. The monoisotopic (exact) mass is 393 g/mol. The Morgan fingerprint density at radius 3 is 2.83 bits per heavy atom. The van der Waals surface area contributed by atoms with E-state index < -0.39 is 17.0 Å². The molecule has 0 unspecified atom stereocenters. The van der Waals surface area contributed by atoms with E-state index >= 15 is 0 Å². The molecule has 1 fully saturated rings. The average Bonchev–Trinajstić information content (AvgIpc) is 2.95. The Labute approximate surface area is 164 Å². The number of hydrogen-bond acceptors (Lipinski definition) is 7. The maximum Gasteiger partial charge on any atom is 0.345 e. The fraction of sp³-hybridized carbons (Fsp3) is 0.300. The highest BCUT2D eigenvalue weighted by molar-refractivity contribution is 6.00. The summed E-state index contributed by atoms with van der Waals surface area (Å²) in [4.78, 5) is 38.1. The number of carboxylic acids is 1. The van der Waals surface area contributed by atoms with Crippen molar-refractivity contribution in [1.29, 1.82) is 0 Å². The van der Waals surface area contributed by atoms with E-state index in [-0.39, 0.29) is 11.1 Å². The number of likely N-dealkylation sites (N-methyl/N-ethyl adjacent to an activating group) is 1. The minimum Gasteiger partial charge on any atom is -0.477 e. The fourth-order valence-electron chi connectivity index (χ4n) is 3.87. The van der Waals surface area contributed by atoms with Crippen molar-refractivity contribution in [3.63, 3.8) is 0 Å². The topological polar surface area (TPSA) is 104 Å². The standard InChI is InChI=1S/C20H19N5O4/c1-23-7-4-8-24(10-9-23)20-21-11-12-16(26)15(19(27)28)18-25(17(12)22-20)13-5-2-3-6-14(13)29-18/h2-3,5-6,11H,4,7-10H2,1H3,(H,27,28). The Balaban J connectivity index is 1.83. The SMILES string of the molecule is CN1CCCN(c2ncc3c(=O)c(C(=O)O)c4oc5ccccc5n4c3n2)CC1. The third kappa shape index (κ3) is 2.73. The van der Waals surface area contributed by atoms with Gasteiger partial charge in [0.2, 0.25) is 17.1 Å². The molecule has 29 heavy (non-hydrogen) atoms. The second kappa shape index (κ2) is 6.56. The zero-order valence-corrected chi connectivity index (χ0v) is 15.8. The third-order valence-electron chi connectivity index (χ3n) is 5.39. The Bertz CT molecular complexity index is 1330. The van der Waals surface area contributed by atoms with Crippen molar-refractivity contribution >= 4 is 39.8 Å². The van der Waals surface area contributed by atoms with Gasteiger partial charge in [0.25, 0.3) is 0 Å². The van der Waals surface area contributed by atoms with E-state index in [1.807, 2.05) is 12.1 Å². The van der Waals surface area contributed by atoms with Crippen LogP contribution in [0.15, 0.2) is 39.7 Å². The molecule has 3 aromatic heterocycles. The van der Waals surface area contributed by atoms with Crippen LogP contribution in [0.1, 0.15) is 16.8 Å². The second-order valence-corrected chi connectivity index (χ2v) is 7.27. The number of nitrogens with zero attached hydrogens (tertiary/aromatic N) is 5. The Morgan fingerprint density at radius 2 is 2.00 bits per heavy atom. The van der Waals surface area contributed by atoms with Crippen LogP contribution in [0.2, 0.25) is 0 Å². The van der Waals surface area contributed by atoms with E-state index in [4.69, 9.17) is 4.42 Å². The lowest BCUT2D eigenvalue weighted by Crippen LogP contribution is -2.30. The Morgan fingerprint density at radius 1 is 1.17 bits per heavy atom. The summed E-state index contributed by atoms with van der Waals surface area (Å²) >= 11 is 0. The lowest BCUT2D eigenvalue weighted by Gasteiger charge is -2.20. The van der Waals surface area contributed by atoms with Crippen LogP contribution in [-0.2, 0) is 0 Å². The molecule has 0 saturated carbocycles. The first-order valence-electron chi connectivity index (χ1n) is 9.44. The summed E-state index contributed by atoms with van der Waals surface area (Å²) in [5, 5.41) is 9.79. The first-order valence-corrected chi connectivity index (χ1v) is 9.44. The molecule has 1 saturated heterocycles. The van der Waals surface area contributed by atoms with Gasteiger partial charge in [-0.3, -0.25) is 9.20 Å². The maximum absolute atomic E-state index is 12.9. The van der Waals surface area contributed by atoms with Crippen LogP contribution < -0.4 is 10.3 Å². The molecule has 1 N–H and O–H groups in total. The number of carbonyl (C=O) groups is 1. The van der Waals surface area contributed by atoms with Crippen LogP contribution in [0.3, 0.4) is 0 Å². The van der Waals surface area contributed by atoms with Crippen molar-refractivity contribution < 1.29 is 14.3 Å². The van der Waals surface area contributed by atoms with E-state index in [2.05, 4.69) is 26.8 Å². The molecule has 0 atom stereocenters. The number of para-hydroxylation sites is 2. The summed E-state index contributed by atoms with van der Waals surface area (Å²) in [6.45, 7) is 3.48. The number of anilines is 1. The zero-order valence-electron chi connectivity index (χ0n) is 15.8. The van der Waals surface area contributed by atoms with Gasteiger partial charge in [-0.2, -0.15) is 4.98 Å². The minimum absolute atomic E-state index is 0.0172. The molecule has 0 spiro atoms. The molecule has 148 valence electrons. The summed E-state index contributed by atoms with van der Waals surface area (Å²) in [5.74, 6) is -0.817. The molecule has 5 rings (SSSR count). The predicted octanol–water partition coefficient (Wildman–Crippen LogP) is 1.83. The minimum atomic E-state index is -1.34. The van der Waals surface area contributed by atoms with Gasteiger partial charge < -0.3 is 19.3 Å².